The summed E-state index contributed by atoms with van der Waals surface area (Å²) in [6, 6.07) is 32.2. The maximum absolute atomic E-state index is 12.2. The Balaban J connectivity index is 0.000000731. The Morgan fingerprint density at radius 3 is 1.21 bits per heavy atom. The fourth-order valence-electron chi connectivity index (χ4n) is 4.14. The van der Waals surface area contributed by atoms with Gasteiger partial charge in [-0.05, 0) is 67.6 Å². The van der Waals surface area contributed by atoms with Crippen molar-refractivity contribution < 1.29 is 89.2 Å². The van der Waals surface area contributed by atoms with Gasteiger partial charge in [-0.3, -0.25) is 18.9 Å². The molecule has 290 valence electrons. The van der Waals surface area contributed by atoms with Crippen LogP contribution in [-0.2, 0) is 24.5 Å². The molecule has 5 rings (SSSR count). The first-order valence-electron chi connectivity index (χ1n) is 17.7. The van der Waals surface area contributed by atoms with Gasteiger partial charge in [0.15, 0.2) is 0 Å². The van der Waals surface area contributed by atoms with E-state index >= 15 is 0 Å². The Morgan fingerprint density at radius 1 is 0.643 bits per heavy atom. The van der Waals surface area contributed by atoms with Crippen molar-refractivity contribution in [1.29, 1.82) is 10.5 Å². The summed E-state index contributed by atoms with van der Waals surface area (Å²) >= 11 is 0. The van der Waals surface area contributed by atoms with Crippen LogP contribution >= 0.6 is 7.60 Å². The van der Waals surface area contributed by atoms with Crippen molar-refractivity contribution in [3.05, 3.63) is 142 Å². The van der Waals surface area contributed by atoms with E-state index in [9.17, 15) is 24.1 Å². The van der Waals surface area contributed by atoms with Gasteiger partial charge in [-0.25, -0.2) is 0 Å². The van der Waals surface area contributed by atoms with Gasteiger partial charge in [0, 0.05) is 29.9 Å². The van der Waals surface area contributed by atoms with Crippen molar-refractivity contribution in [3.63, 3.8) is 0 Å². The molecule has 0 bridgehead atoms. The van der Waals surface area contributed by atoms with Crippen LogP contribution in [0.3, 0.4) is 0 Å². The van der Waals surface area contributed by atoms with Gasteiger partial charge in [-0.15, -0.1) is 5.60 Å². The van der Waals surface area contributed by atoms with Crippen LogP contribution in [0, 0.1) is 22.7 Å². The van der Waals surface area contributed by atoms with Crippen LogP contribution in [0.1, 0.15) is 106 Å². The van der Waals surface area contributed by atoms with Crippen molar-refractivity contribution in [3.8, 4) is 12.1 Å². The summed E-state index contributed by atoms with van der Waals surface area (Å²) in [5.74, 6) is 0. The number of benzene rings is 4. The molecule has 1 heterocycles. The zero-order valence-electron chi connectivity index (χ0n) is 33.2. The standard InChI is InChI=1S/C16H11NO.C12H16NO3P.C8H6O2.C4H8O.C4H9O.K/c17-11-15-7-3-13(4-8-15)1-2-14-5-9-16(12-18)10-6-14;1-3-15-17(14,16-4-2)10-12-7-5-11(9-13)6-8-12;9-5-7-1-2-8(6-10)4-3-7;1-2-4-5-3-1;1-4(2,3)5;/h1-10,12H;5-8H,3-4,10H2,1-2H3;1-6H;1-4H2;1-3H3;/q;;;;-1;+1/b2-1+;;;;;. The summed E-state index contributed by atoms with van der Waals surface area (Å²) in [6.07, 6.45) is 9.05. The molecule has 1 fully saturated rings. The van der Waals surface area contributed by atoms with Crippen LogP contribution in [0.15, 0.2) is 97.1 Å². The van der Waals surface area contributed by atoms with Crippen LogP contribution < -0.4 is 56.5 Å². The second-order valence-corrected chi connectivity index (χ2v) is 14.7. The monoisotopic (exact) mass is 804 g/mol. The molecule has 1 aliphatic rings. The third-order valence-electron chi connectivity index (χ3n) is 6.73. The second-order valence-electron chi connectivity index (χ2n) is 12.6. The molecule has 1 aliphatic heterocycles. The molecule has 56 heavy (non-hydrogen) atoms. The fourth-order valence-corrected chi connectivity index (χ4v) is 5.84. The third kappa shape index (κ3) is 25.5. The summed E-state index contributed by atoms with van der Waals surface area (Å²) in [5, 5.41) is 27.5. The Hall–Kier alpha value is -3.68. The van der Waals surface area contributed by atoms with Gasteiger partial charge in [0.1, 0.15) is 18.9 Å². The molecule has 0 spiro atoms. The molecule has 12 heteroatoms. The predicted molar refractivity (Wildman–Crippen MR) is 215 cm³/mol. The average molecular weight is 805 g/mol. The topological polar surface area (TPSA) is 167 Å². The number of carbonyl (C=O) groups excluding carboxylic acids is 3. The van der Waals surface area contributed by atoms with E-state index in [0.29, 0.717) is 41.0 Å². The third-order valence-corrected chi connectivity index (χ3v) is 8.78. The van der Waals surface area contributed by atoms with E-state index in [0.717, 1.165) is 48.8 Å². The van der Waals surface area contributed by atoms with Crippen LogP contribution in [0.4, 0.5) is 0 Å². The van der Waals surface area contributed by atoms with Crippen molar-refractivity contribution in [1.82, 2.24) is 0 Å². The molecule has 0 amide bonds. The van der Waals surface area contributed by atoms with E-state index < -0.39 is 13.2 Å². The zero-order valence-corrected chi connectivity index (χ0v) is 37.2. The smallest absolute Gasteiger partial charge is 0.850 e. The maximum Gasteiger partial charge on any atom is 1.00 e. The molecule has 0 N–H and O–H groups in total. The maximum atomic E-state index is 12.2. The number of hydrogen-bond acceptors (Lipinski definition) is 10. The number of ether oxygens (including phenoxy) is 1. The Labute approximate surface area is 374 Å². The van der Waals surface area contributed by atoms with Gasteiger partial charge in [-0.1, -0.05) is 106 Å². The van der Waals surface area contributed by atoms with Crippen LogP contribution in [-0.4, -0.2) is 50.9 Å². The first-order chi connectivity index (χ1) is 26.3. The molecule has 10 nitrogen and oxygen atoms in total. The molecule has 0 unspecified atom stereocenters. The second kappa shape index (κ2) is 30.5. The number of nitriles is 2. The summed E-state index contributed by atoms with van der Waals surface area (Å²) in [5.41, 5.74) is 5.24. The van der Waals surface area contributed by atoms with Gasteiger partial charge >= 0.3 is 59.0 Å². The zero-order chi connectivity index (χ0) is 41.0. The minimum atomic E-state index is -3.05. The van der Waals surface area contributed by atoms with E-state index in [4.69, 9.17) is 24.3 Å². The Morgan fingerprint density at radius 2 is 0.946 bits per heavy atom. The van der Waals surface area contributed by atoms with E-state index in [2.05, 4.69) is 6.07 Å². The van der Waals surface area contributed by atoms with E-state index in [1.54, 1.807) is 107 Å². The van der Waals surface area contributed by atoms with Gasteiger partial charge < -0.3 is 18.9 Å². The SMILES string of the molecule is C1CCOC1.CC(C)(C)[O-].CCOP(=O)(Cc1ccc(C#N)cc1)OCC.N#Cc1ccc(/C=C/c2ccc(C=O)cc2)cc1.O=Cc1ccc(C=O)cc1.[K+]. The number of aldehydes is 3. The van der Waals surface area contributed by atoms with Crippen molar-refractivity contribution in [2.45, 2.75) is 59.2 Å². The van der Waals surface area contributed by atoms with Crippen molar-refractivity contribution >= 4 is 38.6 Å². The number of rotatable bonds is 11. The minimum absolute atomic E-state index is 0. The van der Waals surface area contributed by atoms with Crippen molar-refractivity contribution in [2.75, 3.05) is 26.4 Å². The normalized spacial score (nSPS) is 11.4. The van der Waals surface area contributed by atoms with E-state index in [-0.39, 0.29) is 57.5 Å². The largest absolute Gasteiger partial charge is 1.00 e. The van der Waals surface area contributed by atoms with E-state index in [1.807, 2.05) is 42.5 Å². The molecule has 4 aromatic rings. The van der Waals surface area contributed by atoms with Crippen molar-refractivity contribution in [2.24, 2.45) is 0 Å². The molecule has 4 aromatic carbocycles. The van der Waals surface area contributed by atoms with Crippen LogP contribution in [0.25, 0.3) is 12.2 Å². The molecular weight excluding hydrogens is 755 g/mol. The molecule has 1 saturated heterocycles. The molecular formula is C44H50KN2O8P. The minimum Gasteiger partial charge on any atom is -0.850 e. The number of carbonyl (C=O) groups is 3. The molecule has 0 aliphatic carbocycles. The fraction of sp³-hybridized carbons (Fsp3) is 0.295. The molecule has 0 radical (unpaired) electrons. The summed E-state index contributed by atoms with van der Waals surface area (Å²) < 4.78 is 27.6. The molecule has 0 aromatic heterocycles. The summed E-state index contributed by atoms with van der Waals surface area (Å²) in [4.78, 5) is 30.7. The van der Waals surface area contributed by atoms with Crippen LogP contribution in [0.2, 0.25) is 0 Å². The Bertz CT molecular complexity index is 1810. The summed E-state index contributed by atoms with van der Waals surface area (Å²) in [6.45, 7) is 11.2. The Kier molecular flexibility index (Phi) is 28.4. The number of nitrogens with zero attached hydrogens (tertiary/aromatic N) is 2. The van der Waals surface area contributed by atoms with Crippen LogP contribution in [0.5, 0.6) is 0 Å². The first kappa shape index (κ1) is 52.3. The van der Waals surface area contributed by atoms with Gasteiger partial charge in [0.05, 0.1) is 42.6 Å². The quantitative estimate of drug-likeness (QED) is 0.0746. The average Bonchev–Trinajstić information content (AvgIpc) is 3.79. The number of hydrogen-bond donors (Lipinski definition) is 0. The predicted octanol–water partition coefficient (Wildman–Crippen LogP) is 6.12. The van der Waals surface area contributed by atoms with Gasteiger partial charge in [-0.2, -0.15) is 10.5 Å². The summed E-state index contributed by atoms with van der Waals surface area (Å²) in [7, 11) is -3.05. The first-order valence-corrected chi connectivity index (χ1v) is 19.4. The van der Waals surface area contributed by atoms with E-state index in [1.165, 1.54) is 12.8 Å². The van der Waals surface area contributed by atoms with Gasteiger partial charge in [0.25, 0.3) is 0 Å². The van der Waals surface area contributed by atoms with Gasteiger partial charge in [0.2, 0.25) is 0 Å². The molecule has 0 atom stereocenters. The molecule has 0 saturated carbocycles.